The smallest absolute Gasteiger partial charge is 0.234 e. The molecule has 3 rings (SSSR count). The standard InChI is InChI=1S/C21H24ClN3OS/c1-13(2)15-5-8-17(9-6-15)23-20(26)12-27-21-24-18-11-16(22)7-10-19(18)25(21)14(3)4/h5-11,13-14H,12H2,1-4H3,(H,23,26). The van der Waals surface area contributed by atoms with Crippen LogP contribution in [0, 0.1) is 0 Å². The number of aromatic nitrogens is 2. The number of nitrogens with zero attached hydrogens (tertiary/aromatic N) is 2. The molecule has 0 unspecified atom stereocenters. The average Bonchev–Trinajstić information content (AvgIpc) is 2.98. The number of hydrogen-bond donors (Lipinski definition) is 1. The van der Waals surface area contributed by atoms with E-state index in [1.807, 2.05) is 30.3 Å². The molecule has 0 spiro atoms. The van der Waals surface area contributed by atoms with Crippen LogP contribution < -0.4 is 5.32 Å². The monoisotopic (exact) mass is 401 g/mol. The fourth-order valence-electron chi connectivity index (χ4n) is 2.93. The fourth-order valence-corrected chi connectivity index (χ4v) is 4.04. The number of amides is 1. The van der Waals surface area contributed by atoms with Crippen LogP contribution in [0.25, 0.3) is 11.0 Å². The van der Waals surface area contributed by atoms with Crippen LogP contribution in [0.5, 0.6) is 0 Å². The molecule has 0 aliphatic rings. The second-order valence-corrected chi connectivity index (χ2v) is 8.48. The number of carbonyl (C=O) groups is 1. The van der Waals surface area contributed by atoms with Gasteiger partial charge in [0.05, 0.1) is 16.8 Å². The van der Waals surface area contributed by atoms with Crippen LogP contribution in [0.1, 0.15) is 45.2 Å². The zero-order valence-corrected chi connectivity index (χ0v) is 17.6. The van der Waals surface area contributed by atoms with Crippen molar-refractivity contribution in [1.29, 1.82) is 0 Å². The predicted octanol–water partition coefficient (Wildman–Crippen LogP) is 6.12. The molecule has 0 saturated carbocycles. The summed E-state index contributed by atoms with van der Waals surface area (Å²) in [6.45, 7) is 8.52. The minimum absolute atomic E-state index is 0.0438. The lowest BCUT2D eigenvalue weighted by molar-refractivity contribution is -0.113. The van der Waals surface area contributed by atoms with Crippen molar-refractivity contribution in [2.75, 3.05) is 11.1 Å². The van der Waals surface area contributed by atoms with E-state index in [-0.39, 0.29) is 11.9 Å². The fraction of sp³-hybridized carbons (Fsp3) is 0.333. The van der Waals surface area contributed by atoms with Crippen LogP contribution >= 0.6 is 23.4 Å². The second kappa shape index (κ2) is 8.36. The van der Waals surface area contributed by atoms with E-state index in [1.165, 1.54) is 17.3 Å². The number of imidazole rings is 1. The third kappa shape index (κ3) is 4.66. The molecule has 1 aromatic heterocycles. The Morgan fingerprint density at radius 2 is 1.85 bits per heavy atom. The summed E-state index contributed by atoms with van der Waals surface area (Å²) in [6.07, 6.45) is 0. The van der Waals surface area contributed by atoms with Crippen LogP contribution in [-0.4, -0.2) is 21.2 Å². The molecule has 142 valence electrons. The normalized spacial score (nSPS) is 11.5. The van der Waals surface area contributed by atoms with Crippen molar-refractivity contribution >= 4 is 46.0 Å². The highest BCUT2D eigenvalue weighted by Crippen LogP contribution is 2.29. The van der Waals surface area contributed by atoms with E-state index in [0.29, 0.717) is 16.7 Å². The van der Waals surface area contributed by atoms with Crippen LogP contribution in [0.3, 0.4) is 0 Å². The number of halogens is 1. The summed E-state index contributed by atoms with van der Waals surface area (Å²) >= 11 is 7.53. The number of carbonyl (C=O) groups excluding carboxylic acids is 1. The molecule has 0 bridgehead atoms. The summed E-state index contributed by atoms with van der Waals surface area (Å²) in [5, 5.41) is 4.44. The molecule has 1 amide bonds. The highest BCUT2D eigenvalue weighted by Gasteiger charge is 2.15. The van der Waals surface area contributed by atoms with Gasteiger partial charge in [-0.05, 0) is 55.7 Å². The van der Waals surface area contributed by atoms with Crippen molar-refractivity contribution in [3.05, 3.63) is 53.1 Å². The zero-order valence-electron chi connectivity index (χ0n) is 16.0. The van der Waals surface area contributed by atoms with Crippen LogP contribution in [-0.2, 0) is 4.79 Å². The SMILES string of the molecule is CC(C)c1ccc(NC(=O)CSc2nc3cc(Cl)ccc3n2C(C)C)cc1. The average molecular weight is 402 g/mol. The second-order valence-electron chi connectivity index (χ2n) is 7.10. The summed E-state index contributed by atoms with van der Waals surface area (Å²) in [5.41, 5.74) is 3.95. The lowest BCUT2D eigenvalue weighted by Crippen LogP contribution is -2.15. The van der Waals surface area contributed by atoms with Gasteiger partial charge in [-0.1, -0.05) is 49.3 Å². The highest BCUT2D eigenvalue weighted by molar-refractivity contribution is 7.99. The first-order valence-corrected chi connectivity index (χ1v) is 10.4. The van der Waals surface area contributed by atoms with E-state index in [9.17, 15) is 4.79 Å². The summed E-state index contributed by atoms with van der Waals surface area (Å²) in [4.78, 5) is 17.0. The largest absolute Gasteiger partial charge is 0.325 e. The van der Waals surface area contributed by atoms with E-state index in [2.05, 4.69) is 54.7 Å². The van der Waals surface area contributed by atoms with Gasteiger partial charge in [-0.2, -0.15) is 0 Å². The van der Waals surface area contributed by atoms with Crippen molar-refractivity contribution in [3.8, 4) is 0 Å². The van der Waals surface area contributed by atoms with Gasteiger partial charge in [-0.15, -0.1) is 0 Å². The summed E-state index contributed by atoms with van der Waals surface area (Å²) in [6, 6.07) is 13.9. The van der Waals surface area contributed by atoms with Crippen LogP contribution in [0.4, 0.5) is 5.69 Å². The van der Waals surface area contributed by atoms with Gasteiger partial charge in [-0.3, -0.25) is 4.79 Å². The maximum Gasteiger partial charge on any atom is 0.234 e. The minimum Gasteiger partial charge on any atom is -0.325 e. The van der Waals surface area contributed by atoms with Gasteiger partial charge in [0.15, 0.2) is 5.16 Å². The number of anilines is 1. The first kappa shape index (κ1) is 19.8. The third-order valence-corrected chi connectivity index (χ3v) is 5.52. The van der Waals surface area contributed by atoms with Crippen molar-refractivity contribution in [1.82, 2.24) is 9.55 Å². The molecule has 4 nitrogen and oxygen atoms in total. The number of rotatable bonds is 6. The highest BCUT2D eigenvalue weighted by atomic mass is 35.5. The Hall–Kier alpha value is -1.98. The van der Waals surface area contributed by atoms with Gasteiger partial charge in [0, 0.05) is 16.8 Å². The maximum absolute atomic E-state index is 12.4. The van der Waals surface area contributed by atoms with Crippen molar-refractivity contribution < 1.29 is 4.79 Å². The summed E-state index contributed by atoms with van der Waals surface area (Å²) < 4.78 is 2.14. The Morgan fingerprint density at radius 1 is 1.15 bits per heavy atom. The Balaban J connectivity index is 1.70. The molecule has 0 fully saturated rings. The van der Waals surface area contributed by atoms with Crippen LogP contribution in [0.15, 0.2) is 47.6 Å². The third-order valence-electron chi connectivity index (χ3n) is 4.33. The van der Waals surface area contributed by atoms with Gasteiger partial charge in [0.2, 0.25) is 5.91 Å². The van der Waals surface area contributed by atoms with E-state index >= 15 is 0 Å². The molecule has 0 radical (unpaired) electrons. The van der Waals surface area contributed by atoms with Gasteiger partial charge in [0.25, 0.3) is 0 Å². The Morgan fingerprint density at radius 3 is 2.48 bits per heavy atom. The molecule has 3 aromatic rings. The number of fused-ring (bicyclic) bond motifs is 1. The molecule has 2 aromatic carbocycles. The summed E-state index contributed by atoms with van der Waals surface area (Å²) in [7, 11) is 0. The lowest BCUT2D eigenvalue weighted by atomic mass is 10.0. The number of nitrogens with one attached hydrogen (secondary N) is 1. The van der Waals surface area contributed by atoms with Crippen molar-refractivity contribution in [2.24, 2.45) is 0 Å². The van der Waals surface area contributed by atoms with Crippen molar-refractivity contribution in [2.45, 2.75) is 44.8 Å². The maximum atomic E-state index is 12.4. The van der Waals surface area contributed by atoms with Crippen LogP contribution in [0.2, 0.25) is 5.02 Å². The first-order valence-electron chi connectivity index (χ1n) is 9.05. The molecule has 0 saturated heterocycles. The molecule has 27 heavy (non-hydrogen) atoms. The van der Waals surface area contributed by atoms with Crippen molar-refractivity contribution in [3.63, 3.8) is 0 Å². The number of hydrogen-bond acceptors (Lipinski definition) is 3. The number of thioether (sulfide) groups is 1. The Bertz CT molecular complexity index is 948. The quantitative estimate of drug-likeness (QED) is 0.505. The molecule has 6 heteroatoms. The van der Waals surface area contributed by atoms with E-state index in [4.69, 9.17) is 11.6 Å². The van der Waals surface area contributed by atoms with E-state index in [1.54, 1.807) is 0 Å². The predicted molar refractivity (Wildman–Crippen MR) is 115 cm³/mol. The van der Waals surface area contributed by atoms with E-state index < -0.39 is 0 Å². The molecular formula is C21H24ClN3OS. The zero-order chi connectivity index (χ0) is 19.6. The molecule has 0 atom stereocenters. The molecule has 0 aliphatic heterocycles. The number of benzene rings is 2. The van der Waals surface area contributed by atoms with Gasteiger partial charge in [-0.25, -0.2) is 4.98 Å². The van der Waals surface area contributed by atoms with Gasteiger partial charge in [0.1, 0.15) is 0 Å². The summed E-state index contributed by atoms with van der Waals surface area (Å²) in [5.74, 6) is 0.732. The molecule has 1 N–H and O–H groups in total. The lowest BCUT2D eigenvalue weighted by Gasteiger charge is -2.12. The molecule has 0 aliphatic carbocycles. The Kier molecular flexibility index (Phi) is 6.12. The minimum atomic E-state index is -0.0438. The van der Waals surface area contributed by atoms with Gasteiger partial charge >= 0.3 is 0 Å². The molecular weight excluding hydrogens is 378 g/mol. The molecule has 1 heterocycles. The van der Waals surface area contributed by atoms with E-state index in [0.717, 1.165) is 21.9 Å². The van der Waals surface area contributed by atoms with Gasteiger partial charge < -0.3 is 9.88 Å². The first-order chi connectivity index (χ1) is 12.8. The topological polar surface area (TPSA) is 46.9 Å². The Labute approximate surface area is 169 Å².